The molecule has 3 aliphatic rings. The third-order valence-electron chi connectivity index (χ3n) is 12.8. The summed E-state index contributed by atoms with van der Waals surface area (Å²) in [6.07, 6.45) is 8.61. The number of nitrogens with one attached hydrogen (secondary N) is 1. The minimum Gasteiger partial charge on any atom is -0.385 e. The average molecular weight is 807 g/mol. The molecule has 0 radical (unpaired) electrons. The van der Waals surface area contributed by atoms with Crippen LogP contribution in [0.25, 0.3) is 27.8 Å². The first kappa shape index (κ1) is 38.9. The van der Waals surface area contributed by atoms with Gasteiger partial charge in [-0.25, -0.2) is 14.0 Å². The molecule has 1 saturated carbocycles. The number of halogens is 1. The highest BCUT2D eigenvalue weighted by molar-refractivity contribution is 6.00. The fraction of sp³-hybridized carbons (Fsp3) is 0.477. The van der Waals surface area contributed by atoms with E-state index in [-0.39, 0.29) is 28.9 Å². The highest BCUT2D eigenvalue weighted by atomic mass is 19.1. The van der Waals surface area contributed by atoms with Crippen molar-refractivity contribution in [1.82, 2.24) is 38.5 Å². The Morgan fingerprint density at radius 1 is 1.02 bits per heavy atom. The van der Waals surface area contributed by atoms with Crippen LogP contribution in [0.15, 0.2) is 75.0 Å². The number of methoxy groups -OCH3 is 1. The monoisotopic (exact) mass is 806 g/mol. The number of aromatic amines is 1. The van der Waals surface area contributed by atoms with Gasteiger partial charge >= 0.3 is 11.4 Å². The van der Waals surface area contributed by atoms with Crippen molar-refractivity contribution in [2.24, 2.45) is 5.92 Å². The Balaban J connectivity index is 1.14. The molecule has 0 bridgehead atoms. The molecule has 15 heteroatoms. The largest absolute Gasteiger partial charge is 0.438 e. The summed E-state index contributed by atoms with van der Waals surface area (Å²) in [5.74, 6) is -0.494. The van der Waals surface area contributed by atoms with Crippen molar-refractivity contribution in [3.63, 3.8) is 0 Å². The number of hydrogen-bond acceptors (Lipinski definition) is 8. The topological polar surface area (TPSA) is 147 Å². The fourth-order valence-corrected chi connectivity index (χ4v) is 9.68. The quantitative estimate of drug-likeness (QED) is 0.134. The minimum absolute atomic E-state index is 0.0438. The van der Waals surface area contributed by atoms with Gasteiger partial charge in [-0.1, -0.05) is 18.1 Å². The molecule has 0 unspecified atom stereocenters. The number of H-pyrrole nitrogens is 1. The van der Waals surface area contributed by atoms with Gasteiger partial charge in [0.15, 0.2) is 5.82 Å². The van der Waals surface area contributed by atoms with E-state index in [1.54, 1.807) is 40.8 Å². The van der Waals surface area contributed by atoms with Crippen LogP contribution < -0.4 is 11.4 Å². The number of nitrogens with zero attached hydrogens (tertiary/aromatic N) is 7. The molecule has 14 nitrogen and oxygen atoms in total. The number of carbonyl (C=O) groups is 1. The first-order valence-electron chi connectivity index (χ1n) is 20.7. The van der Waals surface area contributed by atoms with Crippen molar-refractivity contribution >= 4 is 16.8 Å². The van der Waals surface area contributed by atoms with E-state index in [0.717, 1.165) is 43.0 Å². The molecule has 0 spiro atoms. The molecule has 4 aromatic heterocycles. The van der Waals surface area contributed by atoms with Crippen molar-refractivity contribution < 1.29 is 23.2 Å². The van der Waals surface area contributed by atoms with Gasteiger partial charge in [-0.2, -0.15) is 5.10 Å². The van der Waals surface area contributed by atoms with E-state index < -0.39 is 17.3 Å². The van der Waals surface area contributed by atoms with Crippen molar-refractivity contribution in [3.05, 3.63) is 111 Å². The number of fused-ring (bicyclic) bond motifs is 2. The Labute approximate surface area is 340 Å². The van der Waals surface area contributed by atoms with Crippen LogP contribution in [-0.4, -0.2) is 76.9 Å². The molecule has 1 aliphatic carbocycles. The zero-order valence-corrected chi connectivity index (χ0v) is 34.2. The number of rotatable bonds is 12. The first-order chi connectivity index (χ1) is 28.4. The van der Waals surface area contributed by atoms with Gasteiger partial charge in [0.1, 0.15) is 28.4 Å². The number of aryl methyl sites for hydroxylation is 1. The molecule has 4 atom stereocenters. The van der Waals surface area contributed by atoms with Crippen LogP contribution in [-0.2, 0) is 28.1 Å². The average Bonchev–Trinajstić information content (AvgIpc) is 3.69. The maximum atomic E-state index is 15.3. The van der Waals surface area contributed by atoms with Crippen LogP contribution >= 0.6 is 0 Å². The van der Waals surface area contributed by atoms with E-state index in [2.05, 4.69) is 53.7 Å². The van der Waals surface area contributed by atoms with E-state index in [1.165, 1.54) is 17.7 Å². The second-order valence-corrected chi connectivity index (χ2v) is 17.1. The summed E-state index contributed by atoms with van der Waals surface area (Å²) in [5.41, 5.74) is 3.70. The molecule has 2 aliphatic heterocycles. The van der Waals surface area contributed by atoms with Crippen LogP contribution in [0.5, 0.6) is 0 Å². The highest BCUT2D eigenvalue weighted by Gasteiger charge is 2.59. The van der Waals surface area contributed by atoms with Crippen molar-refractivity contribution in [2.75, 3.05) is 26.9 Å². The molecular weight excluding hydrogens is 756 g/mol. The van der Waals surface area contributed by atoms with Gasteiger partial charge in [-0.15, -0.1) is 0 Å². The molecule has 1 saturated heterocycles. The predicted octanol–water partition coefficient (Wildman–Crippen LogP) is 6.76. The van der Waals surface area contributed by atoms with Gasteiger partial charge in [-0.05, 0) is 119 Å². The fourth-order valence-electron chi connectivity index (χ4n) is 9.68. The molecule has 6 aromatic rings. The lowest BCUT2D eigenvalue weighted by Gasteiger charge is -2.35. The summed E-state index contributed by atoms with van der Waals surface area (Å²) in [4.78, 5) is 46.5. The number of imidazole rings is 1. The van der Waals surface area contributed by atoms with E-state index in [4.69, 9.17) is 19.1 Å². The second-order valence-electron chi connectivity index (χ2n) is 17.1. The molecule has 2 aromatic carbocycles. The first-order valence-corrected chi connectivity index (χ1v) is 20.7. The summed E-state index contributed by atoms with van der Waals surface area (Å²) in [5, 5.41) is 10.1. The van der Waals surface area contributed by atoms with Gasteiger partial charge in [0.2, 0.25) is 0 Å². The number of amides is 1. The van der Waals surface area contributed by atoms with Crippen LogP contribution in [0.3, 0.4) is 0 Å². The number of carbonyl (C=O) groups excluding carboxylic acids is 1. The van der Waals surface area contributed by atoms with E-state index >= 15 is 4.79 Å². The molecule has 310 valence electrons. The van der Waals surface area contributed by atoms with Crippen molar-refractivity contribution in [2.45, 2.75) is 102 Å². The predicted molar refractivity (Wildman–Crippen MR) is 218 cm³/mol. The second kappa shape index (κ2) is 14.9. The summed E-state index contributed by atoms with van der Waals surface area (Å²) >= 11 is 0. The third-order valence-corrected chi connectivity index (χ3v) is 12.8. The molecule has 59 heavy (non-hydrogen) atoms. The van der Waals surface area contributed by atoms with Gasteiger partial charge in [0.05, 0.1) is 23.9 Å². The Hall–Kier alpha value is -5.54. The Morgan fingerprint density at radius 3 is 2.53 bits per heavy atom. The smallest absolute Gasteiger partial charge is 0.385 e. The minimum atomic E-state index is -0.803. The summed E-state index contributed by atoms with van der Waals surface area (Å²) in [6, 6.07) is 14.0. The zero-order valence-electron chi connectivity index (χ0n) is 34.2. The zero-order chi connectivity index (χ0) is 41.2. The van der Waals surface area contributed by atoms with Gasteiger partial charge < -0.3 is 18.9 Å². The lowest BCUT2D eigenvalue weighted by atomic mass is 9.83. The summed E-state index contributed by atoms with van der Waals surface area (Å²) in [6.45, 7) is 10.9. The molecular formula is C44H51FN8O6. The summed E-state index contributed by atoms with van der Waals surface area (Å²) in [7, 11) is 1.68. The molecule has 2 fully saturated rings. The Bertz CT molecular complexity index is 2650. The SMILES string of the molecule is COCCCCCn1ccn(-c2c(-c3ccc(F)cc3)nn3c2[C@H](C)N(C(=O)c2cc4cc([C@@H]5CCOC(C)(C)C5)ccc4n2[C@@]2(c4noc(=O)[nH]4)C[C@@H]2C)CC3)c1=O. The van der Waals surface area contributed by atoms with E-state index in [9.17, 15) is 14.0 Å². The number of ether oxygens (including phenoxy) is 2. The maximum Gasteiger partial charge on any atom is 0.438 e. The van der Waals surface area contributed by atoms with E-state index in [0.29, 0.717) is 79.3 Å². The van der Waals surface area contributed by atoms with Crippen LogP contribution in [0.2, 0.25) is 0 Å². The Kier molecular flexibility index (Phi) is 9.86. The van der Waals surface area contributed by atoms with Crippen LogP contribution in [0.4, 0.5) is 4.39 Å². The standard InChI is InChI=1S/C44H51FN8O6/c1-27-25-44(27,40-46-41(55)59-48-40)53-34-14-11-30(31-15-22-58-43(3,4)26-31)23-32(34)24-35(53)39(54)50-19-20-52-37(28(50)2)38(36(47-52)29-9-12-33(45)13-10-29)51-18-17-49(42(51)56)16-7-6-8-21-57-5/h9-14,17-18,23-24,27-28,31H,6-8,15-16,19-22,25-26H2,1-5H3,(H,46,48,55)/t27-,28-,31+,44-/m0/s1. The molecule has 1 N–H and O–H groups in total. The highest BCUT2D eigenvalue weighted by Crippen LogP contribution is 2.56. The molecule has 1 amide bonds. The molecule has 9 rings (SSSR count). The van der Waals surface area contributed by atoms with Gasteiger partial charge in [-0.3, -0.25) is 28.1 Å². The number of aromatic nitrogens is 7. The number of unbranched alkanes of at least 4 members (excludes halogenated alkanes) is 2. The lowest BCUT2D eigenvalue weighted by Crippen LogP contribution is -2.43. The third kappa shape index (κ3) is 6.77. The van der Waals surface area contributed by atoms with Crippen molar-refractivity contribution in [3.8, 4) is 16.9 Å². The van der Waals surface area contributed by atoms with E-state index in [1.807, 2.05) is 22.6 Å². The van der Waals surface area contributed by atoms with Gasteiger partial charge in [0.25, 0.3) is 5.91 Å². The van der Waals surface area contributed by atoms with Crippen LogP contribution in [0.1, 0.15) is 106 Å². The number of benzene rings is 2. The van der Waals surface area contributed by atoms with Crippen molar-refractivity contribution in [1.29, 1.82) is 0 Å². The van der Waals surface area contributed by atoms with Gasteiger partial charge in [0, 0.05) is 62.3 Å². The Morgan fingerprint density at radius 2 is 1.81 bits per heavy atom. The lowest BCUT2D eigenvalue weighted by molar-refractivity contribution is -0.0592. The maximum absolute atomic E-state index is 15.3. The molecule has 6 heterocycles. The van der Waals surface area contributed by atoms with Crippen LogP contribution in [0, 0.1) is 11.7 Å². The number of hydrogen-bond donors (Lipinski definition) is 1. The summed E-state index contributed by atoms with van der Waals surface area (Å²) < 4.78 is 37.7. The normalized spacial score (nSPS) is 22.5.